The third-order valence-electron chi connectivity index (χ3n) is 3.21. The van der Waals surface area contributed by atoms with Gasteiger partial charge in [0.15, 0.2) is 0 Å². The lowest BCUT2D eigenvalue weighted by Crippen LogP contribution is -2.48. The van der Waals surface area contributed by atoms with Crippen molar-refractivity contribution in [1.82, 2.24) is 5.43 Å². The number of carbonyl (C=O) groups excluding carboxylic acids is 2. The molecule has 1 unspecified atom stereocenters. The second-order valence-corrected chi connectivity index (χ2v) is 4.86. The van der Waals surface area contributed by atoms with Crippen molar-refractivity contribution in [3.8, 4) is 0 Å². The van der Waals surface area contributed by atoms with Gasteiger partial charge in [-0.05, 0) is 51.1 Å². The van der Waals surface area contributed by atoms with Crippen LogP contribution in [0.4, 0.5) is 10.1 Å². The van der Waals surface area contributed by atoms with Crippen LogP contribution in [0.2, 0.25) is 0 Å². The van der Waals surface area contributed by atoms with Gasteiger partial charge in [0.25, 0.3) is 0 Å². The van der Waals surface area contributed by atoms with Gasteiger partial charge in [-0.1, -0.05) is 0 Å². The number of halogens is 1. The molecule has 20 heavy (non-hydrogen) atoms. The Labute approximate surface area is 117 Å². The number of hydrogen-bond acceptors (Lipinski definition) is 4. The zero-order valence-corrected chi connectivity index (χ0v) is 11.7. The number of benzene rings is 1. The summed E-state index contributed by atoms with van der Waals surface area (Å²) in [5.41, 5.74) is 1.95. The van der Waals surface area contributed by atoms with E-state index in [4.69, 9.17) is 0 Å². The maximum atomic E-state index is 12.8. The summed E-state index contributed by atoms with van der Waals surface area (Å²) < 4.78 is 12.8. The summed E-state index contributed by atoms with van der Waals surface area (Å²) >= 11 is 0. The maximum absolute atomic E-state index is 12.8. The fourth-order valence-corrected chi connectivity index (χ4v) is 2.10. The van der Waals surface area contributed by atoms with Crippen molar-refractivity contribution in [2.75, 3.05) is 18.5 Å². The van der Waals surface area contributed by atoms with E-state index < -0.39 is 5.41 Å². The van der Waals surface area contributed by atoms with Crippen LogP contribution in [0, 0.1) is 11.2 Å². The predicted molar refractivity (Wildman–Crippen MR) is 75.4 cm³/mol. The number of piperidine rings is 1. The normalized spacial score (nSPS) is 22.0. The molecule has 1 aliphatic rings. The number of nitrogens with one attached hydrogen (secondary N) is 1. The molecular formula is C14H20FN3O2. The first kappa shape index (κ1) is 16.3. The van der Waals surface area contributed by atoms with E-state index in [9.17, 15) is 14.0 Å². The fourth-order valence-electron chi connectivity index (χ4n) is 2.10. The standard InChI is InChI=1S/C13H14FNO2.CH6N2/c1-13(9-16)7-2-8-15(12(13)17)11-5-3-10(14)4-6-11;1-3-2/h3-6,9H,2,7-8H2,1H3;3H,2H2,1H3. The average molecular weight is 281 g/mol. The molecule has 0 spiro atoms. The van der Waals surface area contributed by atoms with Crippen LogP contribution >= 0.6 is 0 Å². The smallest absolute Gasteiger partial charge is 0.240 e. The van der Waals surface area contributed by atoms with Gasteiger partial charge in [0, 0.05) is 12.2 Å². The highest BCUT2D eigenvalue weighted by atomic mass is 19.1. The van der Waals surface area contributed by atoms with Crippen molar-refractivity contribution in [3.63, 3.8) is 0 Å². The molecule has 0 bridgehead atoms. The predicted octanol–water partition coefficient (Wildman–Crippen LogP) is 1.24. The number of hydrogen-bond donors (Lipinski definition) is 2. The lowest BCUT2D eigenvalue weighted by atomic mass is 9.82. The molecule has 0 aliphatic carbocycles. The van der Waals surface area contributed by atoms with Gasteiger partial charge in [0.2, 0.25) is 5.91 Å². The van der Waals surface area contributed by atoms with E-state index in [0.717, 1.165) is 6.42 Å². The van der Waals surface area contributed by atoms with Crippen molar-refractivity contribution >= 4 is 17.9 Å². The van der Waals surface area contributed by atoms with Crippen LogP contribution < -0.4 is 16.2 Å². The van der Waals surface area contributed by atoms with Gasteiger partial charge >= 0.3 is 0 Å². The molecular weight excluding hydrogens is 261 g/mol. The van der Waals surface area contributed by atoms with Crippen molar-refractivity contribution < 1.29 is 14.0 Å². The molecule has 0 saturated carbocycles. The van der Waals surface area contributed by atoms with Crippen LogP contribution in [0.3, 0.4) is 0 Å². The highest BCUT2D eigenvalue weighted by molar-refractivity contribution is 6.06. The minimum atomic E-state index is -0.938. The first-order chi connectivity index (χ1) is 9.48. The van der Waals surface area contributed by atoms with Gasteiger partial charge in [-0.15, -0.1) is 0 Å². The van der Waals surface area contributed by atoms with Crippen LogP contribution in [-0.4, -0.2) is 25.8 Å². The quantitative estimate of drug-likeness (QED) is 0.370. The summed E-state index contributed by atoms with van der Waals surface area (Å²) in [5.74, 6) is 4.06. The zero-order valence-electron chi connectivity index (χ0n) is 11.7. The molecule has 1 amide bonds. The van der Waals surface area contributed by atoms with Gasteiger partial charge < -0.3 is 9.69 Å². The molecule has 1 atom stereocenters. The highest BCUT2D eigenvalue weighted by Crippen LogP contribution is 2.31. The third-order valence-corrected chi connectivity index (χ3v) is 3.21. The summed E-state index contributed by atoms with van der Waals surface area (Å²) in [6.07, 6.45) is 2.07. The molecule has 110 valence electrons. The molecule has 1 saturated heterocycles. The summed E-state index contributed by atoms with van der Waals surface area (Å²) in [6.45, 7) is 2.23. The molecule has 2 rings (SSSR count). The van der Waals surface area contributed by atoms with E-state index in [1.54, 1.807) is 31.0 Å². The summed E-state index contributed by atoms with van der Waals surface area (Å²) in [7, 11) is 1.65. The van der Waals surface area contributed by atoms with E-state index in [2.05, 4.69) is 11.3 Å². The second-order valence-electron chi connectivity index (χ2n) is 4.86. The molecule has 1 fully saturated rings. The van der Waals surface area contributed by atoms with E-state index in [-0.39, 0.29) is 11.7 Å². The van der Waals surface area contributed by atoms with Crippen LogP contribution in [-0.2, 0) is 9.59 Å². The second kappa shape index (κ2) is 7.12. The molecule has 1 aromatic rings. The van der Waals surface area contributed by atoms with Crippen molar-refractivity contribution in [2.45, 2.75) is 19.8 Å². The SMILES string of the molecule is CC1(C=O)CCCN(c2ccc(F)cc2)C1=O.CNN. The largest absolute Gasteiger partial charge is 0.312 e. The summed E-state index contributed by atoms with van der Waals surface area (Å²) in [5, 5.41) is 0. The fraction of sp³-hybridized carbons (Fsp3) is 0.429. The summed E-state index contributed by atoms with van der Waals surface area (Å²) in [4.78, 5) is 24.7. The molecule has 5 nitrogen and oxygen atoms in total. The Morgan fingerprint density at radius 1 is 1.40 bits per heavy atom. The summed E-state index contributed by atoms with van der Waals surface area (Å²) in [6, 6.07) is 5.75. The van der Waals surface area contributed by atoms with Gasteiger partial charge in [-0.3, -0.25) is 16.1 Å². The number of amides is 1. The van der Waals surface area contributed by atoms with Crippen molar-refractivity contribution in [3.05, 3.63) is 30.1 Å². The molecule has 1 aromatic carbocycles. The van der Waals surface area contributed by atoms with Gasteiger partial charge in [-0.2, -0.15) is 0 Å². The lowest BCUT2D eigenvalue weighted by molar-refractivity contribution is -0.135. The number of carbonyl (C=O) groups is 2. The van der Waals surface area contributed by atoms with E-state index >= 15 is 0 Å². The number of nitrogens with two attached hydrogens (primary N) is 1. The number of aldehydes is 1. The van der Waals surface area contributed by atoms with Crippen molar-refractivity contribution in [2.24, 2.45) is 11.3 Å². The Hall–Kier alpha value is -1.79. The van der Waals surface area contributed by atoms with Crippen LogP contribution in [0.1, 0.15) is 19.8 Å². The zero-order chi connectivity index (χ0) is 15.2. The topological polar surface area (TPSA) is 75.4 Å². The monoisotopic (exact) mass is 281 g/mol. The van der Waals surface area contributed by atoms with Crippen molar-refractivity contribution in [1.29, 1.82) is 0 Å². The Morgan fingerprint density at radius 3 is 2.45 bits per heavy atom. The lowest BCUT2D eigenvalue weighted by Gasteiger charge is -2.36. The van der Waals surface area contributed by atoms with Crippen LogP contribution in [0.15, 0.2) is 24.3 Å². The van der Waals surface area contributed by atoms with E-state index in [0.29, 0.717) is 24.9 Å². The Balaban J connectivity index is 0.000000612. The number of nitrogens with zero attached hydrogens (tertiary/aromatic N) is 1. The molecule has 6 heteroatoms. The minimum Gasteiger partial charge on any atom is -0.312 e. The van der Waals surface area contributed by atoms with Gasteiger partial charge in [0.05, 0.1) is 0 Å². The van der Waals surface area contributed by atoms with E-state index in [1.165, 1.54) is 12.1 Å². The van der Waals surface area contributed by atoms with Gasteiger partial charge in [0.1, 0.15) is 17.5 Å². The molecule has 3 N–H and O–H groups in total. The molecule has 0 radical (unpaired) electrons. The average Bonchev–Trinajstić information content (AvgIpc) is 2.44. The Bertz CT molecular complexity index is 464. The number of hydrazine groups is 1. The number of rotatable bonds is 2. The first-order valence-electron chi connectivity index (χ1n) is 6.39. The van der Waals surface area contributed by atoms with Crippen LogP contribution in [0.5, 0.6) is 0 Å². The first-order valence-corrected chi connectivity index (χ1v) is 6.39. The highest BCUT2D eigenvalue weighted by Gasteiger charge is 2.40. The van der Waals surface area contributed by atoms with Gasteiger partial charge in [-0.25, -0.2) is 4.39 Å². The minimum absolute atomic E-state index is 0.203. The molecule has 1 aliphatic heterocycles. The Kier molecular flexibility index (Phi) is 5.79. The Morgan fingerprint density at radius 2 is 1.95 bits per heavy atom. The number of anilines is 1. The molecule has 1 heterocycles. The van der Waals surface area contributed by atoms with E-state index in [1.807, 2.05) is 0 Å². The van der Waals surface area contributed by atoms with Crippen LogP contribution in [0.25, 0.3) is 0 Å². The molecule has 0 aromatic heterocycles. The maximum Gasteiger partial charge on any atom is 0.240 e. The third kappa shape index (κ3) is 3.61.